The van der Waals surface area contributed by atoms with E-state index in [0.717, 1.165) is 10.5 Å². The van der Waals surface area contributed by atoms with Crippen molar-refractivity contribution in [2.45, 2.75) is 62.5 Å². The van der Waals surface area contributed by atoms with Gasteiger partial charge in [-0.05, 0) is 48.9 Å². The number of aliphatic hydroxyl groups is 1. The zero-order valence-electron chi connectivity index (χ0n) is 24.5. The van der Waals surface area contributed by atoms with Crippen molar-refractivity contribution in [2.24, 2.45) is 17.1 Å². The van der Waals surface area contributed by atoms with Gasteiger partial charge in [0.25, 0.3) is 0 Å². The molecule has 1 amide bonds. The normalized spacial score (nSPS) is 22.9. The van der Waals surface area contributed by atoms with Gasteiger partial charge in [-0.15, -0.1) is 0 Å². The average Bonchev–Trinajstić information content (AvgIpc) is 3.70. The minimum Gasteiger partial charge on any atom is -0.530 e. The molecule has 0 aromatic heterocycles. The topological polar surface area (TPSA) is 164 Å². The number of hydrogen-bond acceptors (Lipinski definition) is 10. The third-order valence-electron chi connectivity index (χ3n) is 8.46. The van der Waals surface area contributed by atoms with E-state index < -0.39 is 46.0 Å². The van der Waals surface area contributed by atoms with Gasteiger partial charge in [-0.3, -0.25) is 0 Å². The number of hydrogen-bond donors (Lipinski definition) is 2. The highest BCUT2D eigenvalue weighted by Crippen LogP contribution is 2.37. The second-order valence-corrected chi connectivity index (χ2v) is 14.0. The molecule has 5 atom stereocenters. The highest BCUT2D eigenvalue weighted by atomic mass is 32.2. The van der Waals surface area contributed by atoms with Gasteiger partial charge in [-0.2, -0.15) is 4.31 Å². The number of fused-ring (bicyclic) bond motifs is 2. The summed E-state index contributed by atoms with van der Waals surface area (Å²) in [6.45, 7) is 4.33. The Morgan fingerprint density at radius 1 is 1.14 bits per heavy atom. The SMILES string of the molecule is CC(C)(CCN)CN(C[C@@H](O)[C@H](Cc1ccccc1)N(C(=O)[O-])[C@H]1CO[C@H]2OCC[C@H]21)S(=O)(=O)c1ccc2c(c1)OCO2. The molecule has 0 saturated carbocycles. The molecule has 43 heavy (non-hydrogen) atoms. The number of carbonyl (C=O) groups excluding carboxylic acids is 1. The van der Waals surface area contributed by atoms with Crippen molar-refractivity contribution >= 4 is 16.1 Å². The van der Waals surface area contributed by atoms with Gasteiger partial charge in [-0.25, -0.2) is 8.42 Å². The van der Waals surface area contributed by atoms with E-state index in [-0.39, 0.29) is 43.7 Å². The largest absolute Gasteiger partial charge is 0.530 e. The molecule has 5 rings (SSSR count). The monoisotopic (exact) mass is 618 g/mol. The third-order valence-corrected chi connectivity index (χ3v) is 10.3. The van der Waals surface area contributed by atoms with Gasteiger partial charge in [0.05, 0.1) is 36.3 Å². The summed E-state index contributed by atoms with van der Waals surface area (Å²) in [5.41, 5.74) is 6.08. The van der Waals surface area contributed by atoms with Crippen LogP contribution in [0.2, 0.25) is 0 Å². The van der Waals surface area contributed by atoms with Gasteiger partial charge in [-0.1, -0.05) is 44.2 Å². The van der Waals surface area contributed by atoms with Crippen LogP contribution in [0.25, 0.3) is 0 Å². The summed E-state index contributed by atoms with van der Waals surface area (Å²) >= 11 is 0. The molecule has 3 aliphatic rings. The lowest BCUT2D eigenvalue weighted by Gasteiger charge is -2.43. The molecule has 2 aromatic rings. The average molecular weight is 619 g/mol. The first-order valence-corrected chi connectivity index (χ1v) is 16.0. The molecule has 3 heterocycles. The fraction of sp³-hybridized carbons (Fsp3) is 0.567. The van der Waals surface area contributed by atoms with E-state index in [9.17, 15) is 23.4 Å². The highest BCUT2D eigenvalue weighted by Gasteiger charge is 2.47. The lowest BCUT2D eigenvalue weighted by atomic mass is 9.89. The first-order valence-electron chi connectivity index (χ1n) is 14.5. The third kappa shape index (κ3) is 6.92. The van der Waals surface area contributed by atoms with Gasteiger partial charge in [0.2, 0.25) is 16.8 Å². The summed E-state index contributed by atoms with van der Waals surface area (Å²) in [5, 5.41) is 24.6. The van der Waals surface area contributed by atoms with Gasteiger partial charge in [0, 0.05) is 25.1 Å². The summed E-state index contributed by atoms with van der Waals surface area (Å²) in [7, 11) is -4.18. The number of benzene rings is 2. The first-order chi connectivity index (χ1) is 20.5. The van der Waals surface area contributed by atoms with Crippen LogP contribution >= 0.6 is 0 Å². The van der Waals surface area contributed by atoms with Crippen molar-refractivity contribution in [2.75, 3.05) is 39.6 Å². The van der Waals surface area contributed by atoms with E-state index in [1.165, 1.54) is 22.5 Å². The van der Waals surface area contributed by atoms with Crippen molar-refractivity contribution < 1.29 is 42.4 Å². The maximum absolute atomic E-state index is 14.1. The second-order valence-electron chi connectivity index (χ2n) is 12.1. The predicted octanol–water partition coefficient (Wildman–Crippen LogP) is 1.16. The van der Waals surface area contributed by atoms with Crippen LogP contribution in [-0.4, -0.2) is 92.9 Å². The summed E-state index contributed by atoms with van der Waals surface area (Å²) in [5.74, 6) is 0.525. The van der Waals surface area contributed by atoms with Crippen molar-refractivity contribution in [3.05, 3.63) is 54.1 Å². The Morgan fingerprint density at radius 3 is 2.60 bits per heavy atom. The minimum absolute atomic E-state index is 0.0111. The summed E-state index contributed by atoms with van der Waals surface area (Å²) in [4.78, 5) is 13.9. The number of rotatable bonds is 13. The van der Waals surface area contributed by atoms with Crippen LogP contribution in [0.5, 0.6) is 11.5 Å². The highest BCUT2D eigenvalue weighted by molar-refractivity contribution is 7.89. The van der Waals surface area contributed by atoms with Crippen molar-refractivity contribution in [1.29, 1.82) is 0 Å². The maximum Gasteiger partial charge on any atom is 0.243 e. The second kappa shape index (κ2) is 13.0. The number of carboxylic acid groups (broad SMARTS) is 1. The number of carbonyl (C=O) groups is 1. The van der Waals surface area contributed by atoms with E-state index >= 15 is 0 Å². The summed E-state index contributed by atoms with van der Waals surface area (Å²) in [6.07, 6.45) is -2.15. The van der Waals surface area contributed by atoms with Gasteiger partial charge in [0.1, 0.15) is 6.09 Å². The fourth-order valence-electron chi connectivity index (χ4n) is 6.23. The van der Waals surface area contributed by atoms with Crippen molar-refractivity contribution in [3.63, 3.8) is 0 Å². The molecule has 3 aliphatic heterocycles. The smallest absolute Gasteiger partial charge is 0.243 e. The molecule has 12 nitrogen and oxygen atoms in total. The molecule has 13 heteroatoms. The molecule has 0 unspecified atom stereocenters. The van der Waals surface area contributed by atoms with E-state index in [1.54, 1.807) is 0 Å². The maximum atomic E-state index is 14.1. The lowest BCUT2D eigenvalue weighted by Crippen LogP contribution is -2.61. The first kappa shape index (κ1) is 31.5. The summed E-state index contributed by atoms with van der Waals surface area (Å²) in [6, 6.07) is 11.9. The van der Waals surface area contributed by atoms with E-state index in [1.807, 2.05) is 44.2 Å². The Bertz CT molecular complexity index is 1370. The van der Waals surface area contributed by atoms with Crippen LogP contribution in [0.4, 0.5) is 4.79 Å². The molecular formula is C30H40N3O9S-. The van der Waals surface area contributed by atoms with Crippen LogP contribution in [0.15, 0.2) is 53.4 Å². The van der Waals surface area contributed by atoms with E-state index in [4.69, 9.17) is 24.7 Å². The van der Waals surface area contributed by atoms with Gasteiger partial charge < -0.3 is 44.6 Å². The molecule has 0 radical (unpaired) electrons. The van der Waals surface area contributed by atoms with Crippen molar-refractivity contribution in [1.82, 2.24) is 9.21 Å². The lowest BCUT2D eigenvalue weighted by molar-refractivity contribution is -0.273. The van der Waals surface area contributed by atoms with Crippen LogP contribution in [0.3, 0.4) is 0 Å². The molecule has 2 fully saturated rings. The molecule has 236 valence electrons. The number of nitrogens with two attached hydrogens (primary N) is 1. The molecule has 3 N–H and O–H groups in total. The number of aliphatic hydroxyl groups excluding tert-OH is 1. The number of ether oxygens (including phenoxy) is 4. The quantitative estimate of drug-likeness (QED) is 0.333. The molecule has 0 aliphatic carbocycles. The molecule has 0 spiro atoms. The van der Waals surface area contributed by atoms with E-state index in [0.29, 0.717) is 37.5 Å². The van der Waals surface area contributed by atoms with Gasteiger partial charge >= 0.3 is 0 Å². The van der Waals surface area contributed by atoms with Gasteiger partial charge in [0.15, 0.2) is 17.8 Å². The molecular weight excluding hydrogens is 578 g/mol. The van der Waals surface area contributed by atoms with E-state index in [2.05, 4.69) is 0 Å². The predicted molar refractivity (Wildman–Crippen MR) is 154 cm³/mol. The Labute approximate surface area is 252 Å². The summed E-state index contributed by atoms with van der Waals surface area (Å²) < 4.78 is 51.6. The molecule has 2 saturated heterocycles. The Morgan fingerprint density at radius 2 is 1.88 bits per heavy atom. The number of nitrogens with zero attached hydrogens (tertiary/aromatic N) is 2. The Hall–Kier alpha value is -2.94. The Kier molecular flexibility index (Phi) is 9.49. The minimum atomic E-state index is -4.18. The van der Waals surface area contributed by atoms with Crippen molar-refractivity contribution in [3.8, 4) is 11.5 Å². The van der Waals surface area contributed by atoms with Crippen LogP contribution in [0, 0.1) is 11.3 Å². The fourth-order valence-corrected chi connectivity index (χ4v) is 7.90. The van der Waals surface area contributed by atoms with Crippen LogP contribution < -0.4 is 20.3 Å². The number of amides is 1. The number of sulfonamides is 1. The molecule has 0 bridgehead atoms. The van der Waals surface area contributed by atoms with Crippen LogP contribution in [0.1, 0.15) is 32.3 Å². The zero-order valence-corrected chi connectivity index (χ0v) is 25.3. The van der Waals surface area contributed by atoms with Crippen LogP contribution in [-0.2, 0) is 25.9 Å². The standard InChI is InChI=1S/C30H41N3O9S/c1-30(2,11-12-31)18-32(43(37,38)21-8-9-26-27(15-21)42-19-41-26)16-25(34)23(14-20-6-4-3-5-7-20)33(29(35)36)24-17-40-28-22(24)10-13-39-28/h3-9,15,22-25,28,34H,10-14,16-19,31H2,1-2H3,(H,35,36)/p-1/t22-,23-,24-,25+,28+/m0/s1. The molecule has 2 aromatic carbocycles. The Balaban J connectivity index is 1.50. The zero-order chi connectivity index (χ0) is 30.8.